The van der Waals surface area contributed by atoms with Gasteiger partial charge in [-0.25, -0.2) is 0 Å². The molecule has 0 aliphatic heterocycles. The number of halogens is 2. The van der Waals surface area contributed by atoms with Gasteiger partial charge in [-0.1, -0.05) is 65.4 Å². The maximum Gasteiger partial charge on any atom is 0.119 e. The van der Waals surface area contributed by atoms with Crippen LogP contribution in [0.5, 0.6) is 5.75 Å². The number of ether oxygens (including phenoxy) is 1. The number of hydrogen-bond acceptors (Lipinski definition) is 2. The molecule has 2 nitrogen and oxygen atoms in total. The predicted octanol–water partition coefficient (Wildman–Crippen LogP) is 6.17. The molecule has 0 aliphatic carbocycles. The SMILES string of the molecule is COc1ccc(C#Cc2ccccc2)c(CC(C)NCCc2cccc(Cl)c2Cl)c1. The quantitative estimate of drug-likeness (QED) is 0.446. The van der Waals surface area contributed by atoms with E-state index in [4.69, 9.17) is 27.9 Å². The summed E-state index contributed by atoms with van der Waals surface area (Å²) in [5.74, 6) is 7.41. The van der Waals surface area contributed by atoms with Crippen LogP contribution in [0, 0.1) is 11.8 Å². The van der Waals surface area contributed by atoms with Gasteiger partial charge in [-0.2, -0.15) is 0 Å². The molecule has 0 saturated heterocycles. The minimum Gasteiger partial charge on any atom is -0.497 e. The first-order chi connectivity index (χ1) is 14.6. The van der Waals surface area contributed by atoms with E-state index in [2.05, 4.69) is 30.1 Å². The van der Waals surface area contributed by atoms with Crippen LogP contribution in [0.25, 0.3) is 0 Å². The van der Waals surface area contributed by atoms with Gasteiger partial charge in [0.2, 0.25) is 0 Å². The Hall–Kier alpha value is -2.44. The van der Waals surface area contributed by atoms with Gasteiger partial charge in [-0.3, -0.25) is 0 Å². The molecule has 0 aromatic heterocycles. The van der Waals surface area contributed by atoms with Crippen molar-refractivity contribution in [1.82, 2.24) is 5.32 Å². The van der Waals surface area contributed by atoms with E-state index >= 15 is 0 Å². The molecule has 0 spiro atoms. The van der Waals surface area contributed by atoms with Crippen molar-refractivity contribution < 1.29 is 4.74 Å². The normalized spacial score (nSPS) is 11.5. The van der Waals surface area contributed by atoms with Crippen LogP contribution in [0.15, 0.2) is 66.7 Å². The van der Waals surface area contributed by atoms with E-state index in [-0.39, 0.29) is 6.04 Å². The Morgan fingerprint density at radius 2 is 1.73 bits per heavy atom. The molecule has 3 rings (SSSR count). The summed E-state index contributed by atoms with van der Waals surface area (Å²) in [4.78, 5) is 0. The van der Waals surface area contributed by atoms with Crippen molar-refractivity contribution >= 4 is 23.2 Å². The third-order valence-electron chi connectivity index (χ3n) is 4.87. The number of nitrogens with one attached hydrogen (secondary N) is 1. The smallest absolute Gasteiger partial charge is 0.119 e. The van der Waals surface area contributed by atoms with Crippen LogP contribution in [-0.2, 0) is 12.8 Å². The molecular weight excluding hydrogens is 413 g/mol. The molecule has 1 unspecified atom stereocenters. The molecule has 3 aromatic carbocycles. The average molecular weight is 438 g/mol. The summed E-state index contributed by atoms with van der Waals surface area (Å²) in [5, 5.41) is 4.81. The third kappa shape index (κ3) is 6.28. The zero-order valence-electron chi connectivity index (χ0n) is 17.2. The van der Waals surface area contributed by atoms with Crippen LogP contribution in [0.1, 0.15) is 29.2 Å². The lowest BCUT2D eigenvalue weighted by atomic mass is 10.00. The van der Waals surface area contributed by atoms with Crippen molar-refractivity contribution in [1.29, 1.82) is 0 Å². The van der Waals surface area contributed by atoms with Crippen molar-refractivity contribution in [3.63, 3.8) is 0 Å². The first-order valence-corrected chi connectivity index (χ1v) is 10.7. The van der Waals surface area contributed by atoms with Gasteiger partial charge in [-0.15, -0.1) is 0 Å². The number of methoxy groups -OCH3 is 1. The van der Waals surface area contributed by atoms with Crippen LogP contribution in [-0.4, -0.2) is 19.7 Å². The molecule has 154 valence electrons. The summed E-state index contributed by atoms with van der Waals surface area (Å²) < 4.78 is 5.42. The fourth-order valence-corrected chi connectivity index (χ4v) is 3.66. The summed E-state index contributed by atoms with van der Waals surface area (Å²) in [7, 11) is 1.69. The van der Waals surface area contributed by atoms with E-state index in [9.17, 15) is 0 Å². The van der Waals surface area contributed by atoms with Crippen molar-refractivity contribution in [2.45, 2.75) is 25.8 Å². The van der Waals surface area contributed by atoms with Gasteiger partial charge >= 0.3 is 0 Å². The zero-order chi connectivity index (χ0) is 21.3. The molecule has 30 heavy (non-hydrogen) atoms. The number of benzene rings is 3. The Labute approximate surface area is 189 Å². The maximum atomic E-state index is 6.29. The highest BCUT2D eigenvalue weighted by Gasteiger charge is 2.10. The average Bonchev–Trinajstić information content (AvgIpc) is 2.76. The second-order valence-electron chi connectivity index (χ2n) is 7.16. The fourth-order valence-electron chi connectivity index (χ4n) is 3.25. The number of hydrogen-bond donors (Lipinski definition) is 1. The molecule has 0 radical (unpaired) electrons. The van der Waals surface area contributed by atoms with E-state index in [1.165, 1.54) is 5.56 Å². The predicted molar refractivity (Wildman–Crippen MR) is 127 cm³/mol. The van der Waals surface area contributed by atoms with Crippen molar-refractivity contribution in [3.8, 4) is 17.6 Å². The van der Waals surface area contributed by atoms with Crippen molar-refractivity contribution in [3.05, 3.63) is 99.0 Å². The first-order valence-electron chi connectivity index (χ1n) is 9.97. The van der Waals surface area contributed by atoms with Gasteiger partial charge in [0.05, 0.1) is 17.2 Å². The Morgan fingerprint density at radius 3 is 2.50 bits per heavy atom. The highest BCUT2D eigenvalue weighted by Crippen LogP contribution is 2.25. The summed E-state index contributed by atoms with van der Waals surface area (Å²) in [6.45, 7) is 2.99. The minimum atomic E-state index is 0.271. The largest absolute Gasteiger partial charge is 0.497 e. The van der Waals surface area contributed by atoms with E-state index in [1.54, 1.807) is 7.11 Å². The standard InChI is InChI=1S/C26H25Cl2NO/c1-19(29-16-15-22-9-6-10-25(27)26(22)28)17-23-18-24(30-2)14-13-21(23)12-11-20-7-4-3-5-8-20/h3-10,13-14,18-19,29H,15-17H2,1-2H3. The molecule has 0 amide bonds. The number of rotatable bonds is 7. The van der Waals surface area contributed by atoms with Gasteiger partial charge in [0.1, 0.15) is 5.75 Å². The van der Waals surface area contributed by atoms with Crippen LogP contribution in [0.3, 0.4) is 0 Å². The van der Waals surface area contributed by atoms with Gasteiger partial charge < -0.3 is 10.1 Å². The van der Waals surface area contributed by atoms with Crippen LogP contribution >= 0.6 is 23.2 Å². The topological polar surface area (TPSA) is 21.3 Å². The van der Waals surface area contributed by atoms with Gasteiger partial charge in [0.15, 0.2) is 0 Å². The molecule has 0 bridgehead atoms. The molecule has 4 heteroatoms. The molecule has 0 saturated carbocycles. The van der Waals surface area contributed by atoms with Crippen LogP contribution in [0.2, 0.25) is 10.0 Å². The summed E-state index contributed by atoms with van der Waals surface area (Å²) in [6.07, 6.45) is 1.67. The summed E-state index contributed by atoms with van der Waals surface area (Å²) in [5.41, 5.74) is 4.24. The van der Waals surface area contributed by atoms with Gasteiger partial charge in [-0.05, 0) is 73.8 Å². The third-order valence-corrected chi connectivity index (χ3v) is 5.73. The van der Waals surface area contributed by atoms with E-state index in [0.717, 1.165) is 41.8 Å². The molecular formula is C26H25Cl2NO. The lowest BCUT2D eigenvalue weighted by Gasteiger charge is -2.16. The fraction of sp³-hybridized carbons (Fsp3) is 0.231. The van der Waals surface area contributed by atoms with Crippen LogP contribution < -0.4 is 10.1 Å². The zero-order valence-corrected chi connectivity index (χ0v) is 18.7. The Kier molecular flexibility index (Phi) is 8.22. The second kappa shape index (κ2) is 11.1. The van der Waals surface area contributed by atoms with Crippen molar-refractivity contribution in [2.24, 2.45) is 0 Å². The highest BCUT2D eigenvalue weighted by atomic mass is 35.5. The highest BCUT2D eigenvalue weighted by molar-refractivity contribution is 6.42. The molecule has 1 N–H and O–H groups in total. The van der Waals surface area contributed by atoms with E-state index in [0.29, 0.717) is 10.0 Å². The van der Waals surface area contributed by atoms with Gasteiger partial charge in [0.25, 0.3) is 0 Å². The maximum absolute atomic E-state index is 6.29. The molecule has 0 aliphatic rings. The molecule has 0 fully saturated rings. The lowest BCUT2D eigenvalue weighted by molar-refractivity contribution is 0.414. The Bertz CT molecular complexity index is 1040. The lowest BCUT2D eigenvalue weighted by Crippen LogP contribution is -2.30. The van der Waals surface area contributed by atoms with Crippen molar-refractivity contribution in [2.75, 3.05) is 13.7 Å². The first kappa shape index (κ1) is 22.2. The Balaban J connectivity index is 1.67. The molecule has 0 heterocycles. The minimum absolute atomic E-state index is 0.271. The van der Waals surface area contributed by atoms with Gasteiger partial charge in [0, 0.05) is 17.2 Å². The summed E-state index contributed by atoms with van der Waals surface area (Å²) >= 11 is 12.4. The molecule has 1 atom stereocenters. The van der Waals surface area contributed by atoms with E-state index in [1.807, 2.05) is 60.7 Å². The van der Waals surface area contributed by atoms with E-state index < -0.39 is 0 Å². The Morgan fingerprint density at radius 1 is 0.933 bits per heavy atom. The monoisotopic (exact) mass is 437 g/mol. The summed E-state index contributed by atoms with van der Waals surface area (Å²) in [6, 6.07) is 22.1. The van der Waals surface area contributed by atoms with Crippen LogP contribution in [0.4, 0.5) is 0 Å². The molecule has 3 aromatic rings. The second-order valence-corrected chi connectivity index (χ2v) is 7.95.